The normalized spacial score (nSPS) is 10.6. The average molecular weight is 453 g/mol. The molecule has 3 rings (SSSR count). The number of ether oxygens (including phenoxy) is 4. The van der Waals surface area contributed by atoms with Crippen molar-refractivity contribution in [2.75, 3.05) is 27.6 Å². The van der Waals surface area contributed by atoms with Crippen LogP contribution in [0, 0.1) is 0 Å². The van der Waals surface area contributed by atoms with Gasteiger partial charge in [-0.3, -0.25) is 0 Å². The lowest BCUT2D eigenvalue weighted by Gasteiger charge is -2.12. The Kier molecular flexibility index (Phi) is 6.95. The van der Waals surface area contributed by atoms with E-state index in [1.807, 2.05) is 0 Å². The van der Waals surface area contributed by atoms with E-state index in [1.54, 1.807) is 18.4 Å². The fourth-order valence-electron chi connectivity index (χ4n) is 2.42. The van der Waals surface area contributed by atoms with Crippen molar-refractivity contribution in [3.05, 3.63) is 34.9 Å². The van der Waals surface area contributed by atoms with Crippen LogP contribution in [0.5, 0.6) is 17.2 Å². The van der Waals surface area contributed by atoms with Crippen molar-refractivity contribution in [2.24, 2.45) is 0 Å². The van der Waals surface area contributed by atoms with Gasteiger partial charge in [-0.15, -0.1) is 10.2 Å². The van der Waals surface area contributed by atoms with E-state index in [2.05, 4.69) is 20.2 Å². The van der Waals surface area contributed by atoms with Gasteiger partial charge < -0.3 is 23.4 Å². The average Bonchev–Trinajstić information content (AvgIpc) is 3.25. The maximum Gasteiger partial charge on any atom is 0.359 e. The van der Waals surface area contributed by atoms with E-state index in [9.17, 15) is 4.79 Å². The van der Waals surface area contributed by atoms with E-state index < -0.39 is 5.97 Å². The zero-order valence-electron chi connectivity index (χ0n) is 16.5. The van der Waals surface area contributed by atoms with Crippen molar-refractivity contribution in [2.45, 2.75) is 11.8 Å². The van der Waals surface area contributed by atoms with Gasteiger partial charge in [0.1, 0.15) is 0 Å². The molecular formula is C18H17ClN4O6S. The van der Waals surface area contributed by atoms with Gasteiger partial charge in [-0.2, -0.15) is 0 Å². The highest BCUT2D eigenvalue weighted by molar-refractivity contribution is 7.98. The van der Waals surface area contributed by atoms with Gasteiger partial charge in [0.15, 0.2) is 29.0 Å². The maximum absolute atomic E-state index is 12.3. The summed E-state index contributed by atoms with van der Waals surface area (Å²) in [6.07, 6.45) is 3.12. The molecule has 0 aliphatic carbocycles. The molecule has 0 spiro atoms. The molecule has 0 aliphatic heterocycles. The van der Waals surface area contributed by atoms with Crippen LogP contribution in [0.4, 0.5) is 0 Å². The maximum atomic E-state index is 12.3. The highest BCUT2D eigenvalue weighted by Crippen LogP contribution is 2.40. The molecule has 0 fully saturated rings. The minimum absolute atomic E-state index is 0.0413. The molecule has 2 heterocycles. The molecule has 12 heteroatoms. The van der Waals surface area contributed by atoms with Crippen molar-refractivity contribution < 1.29 is 28.2 Å². The van der Waals surface area contributed by atoms with Gasteiger partial charge in [-0.25, -0.2) is 14.8 Å². The Hall–Kier alpha value is -3.05. The molecule has 30 heavy (non-hydrogen) atoms. The summed E-state index contributed by atoms with van der Waals surface area (Å²) in [5, 5.41) is 8.35. The van der Waals surface area contributed by atoms with Crippen molar-refractivity contribution in [3.8, 4) is 28.7 Å². The van der Waals surface area contributed by atoms with Gasteiger partial charge in [-0.05, 0) is 18.4 Å². The highest BCUT2D eigenvalue weighted by atomic mass is 35.5. The molecule has 10 nitrogen and oxygen atoms in total. The number of thioether (sulfide) groups is 1. The largest absolute Gasteiger partial charge is 0.493 e. The number of nitrogens with zero attached hydrogens (tertiary/aromatic N) is 4. The fourth-order valence-corrected chi connectivity index (χ4v) is 2.93. The van der Waals surface area contributed by atoms with Crippen LogP contribution in [-0.2, 0) is 11.3 Å². The third-order valence-electron chi connectivity index (χ3n) is 3.80. The summed E-state index contributed by atoms with van der Waals surface area (Å²) in [4.78, 5) is 20.3. The van der Waals surface area contributed by atoms with Crippen LogP contribution >= 0.6 is 23.4 Å². The van der Waals surface area contributed by atoms with Gasteiger partial charge in [0, 0.05) is 5.56 Å². The number of carbonyl (C=O) groups excluding carboxylic acids is 1. The second-order valence-electron chi connectivity index (χ2n) is 5.54. The van der Waals surface area contributed by atoms with Crippen molar-refractivity contribution in [3.63, 3.8) is 0 Å². The lowest BCUT2D eigenvalue weighted by Crippen LogP contribution is -2.09. The number of aromatic nitrogens is 4. The molecule has 3 aromatic rings. The molecule has 0 N–H and O–H groups in total. The first-order chi connectivity index (χ1) is 14.5. The molecule has 0 saturated carbocycles. The molecule has 0 unspecified atom stereocenters. The van der Waals surface area contributed by atoms with E-state index in [0.717, 1.165) is 0 Å². The highest BCUT2D eigenvalue weighted by Gasteiger charge is 2.20. The van der Waals surface area contributed by atoms with Crippen molar-refractivity contribution in [1.29, 1.82) is 0 Å². The summed E-state index contributed by atoms with van der Waals surface area (Å²) in [5.41, 5.74) is 0.499. The minimum Gasteiger partial charge on any atom is -0.493 e. The zero-order chi connectivity index (χ0) is 21.7. The summed E-state index contributed by atoms with van der Waals surface area (Å²) < 4.78 is 26.7. The van der Waals surface area contributed by atoms with Crippen LogP contribution in [0.1, 0.15) is 16.4 Å². The van der Waals surface area contributed by atoms with Crippen LogP contribution in [-0.4, -0.2) is 53.7 Å². The molecule has 0 aliphatic rings. The standard InChI is InChI=1S/C18H17ClN4O6S/c1-25-11-5-9(6-12(26-2)15(11)27-3)16-23-22-13(29-16)8-28-17(24)14-10(19)7-20-18(21-14)30-4/h5-7H,8H2,1-4H3. The van der Waals surface area contributed by atoms with Crippen LogP contribution in [0.3, 0.4) is 0 Å². The fraction of sp³-hybridized carbons (Fsp3) is 0.278. The lowest BCUT2D eigenvalue weighted by atomic mass is 10.2. The Morgan fingerprint density at radius 1 is 1.13 bits per heavy atom. The quantitative estimate of drug-likeness (QED) is 0.284. The van der Waals surface area contributed by atoms with E-state index in [4.69, 9.17) is 35.0 Å². The zero-order valence-corrected chi connectivity index (χ0v) is 18.0. The number of rotatable bonds is 8. The number of carbonyl (C=O) groups is 1. The van der Waals surface area contributed by atoms with Crippen LogP contribution in [0.25, 0.3) is 11.5 Å². The number of hydrogen-bond donors (Lipinski definition) is 0. The molecule has 0 atom stereocenters. The predicted molar refractivity (Wildman–Crippen MR) is 107 cm³/mol. The second kappa shape index (κ2) is 9.63. The third kappa shape index (κ3) is 4.57. The topological polar surface area (TPSA) is 119 Å². The lowest BCUT2D eigenvalue weighted by molar-refractivity contribution is 0.0430. The minimum atomic E-state index is -0.731. The monoisotopic (exact) mass is 452 g/mol. The Morgan fingerprint density at radius 2 is 1.83 bits per heavy atom. The second-order valence-corrected chi connectivity index (χ2v) is 6.72. The van der Waals surface area contributed by atoms with E-state index in [1.165, 1.54) is 39.3 Å². The predicted octanol–water partition coefficient (Wildman–Crippen LogP) is 3.28. The van der Waals surface area contributed by atoms with Crippen LogP contribution in [0.15, 0.2) is 27.9 Å². The molecule has 0 radical (unpaired) electrons. The summed E-state index contributed by atoms with van der Waals surface area (Å²) in [7, 11) is 4.51. The Balaban J connectivity index is 1.77. The number of benzene rings is 1. The molecule has 2 aromatic heterocycles. The molecule has 1 aromatic carbocycles. The molecule has 158 valence electrons. The summed E-state index contributed by atoms with van der Waals surface area (Å²) in [6.45, 7) is -0.259. The number of esters is 1. The number of hydrogen-bond acceptors (Lipinski definition) is 11. The van der Waals surface area contributed by atoms with E-state index in [-0.39, 0.29) is 29.1 Å². The summed E-state index contributed by atoms with van der Waals surface area (Å²) in [5.74, 6) is 0.837. The molecule has 0 amide bonds. The third-order valence-corrected chi connectivity index (χ3v) is 4.64. The van der Waals surface area contributed by atoms with Gasteiger partial charge in [0.25, 0.3) is 5.89 Å². The van der Waals surface area contributed by atoms with Crippen LogP contribution < -0.4 is 14.2 Å². The Morgan fingerprint density at radius 3 is 2.43 bits per heavy atom. The Bertz CT molecular complexity index is 1040. The molecule has 0 bridgehead atoms. The SMILES string of the molecule is COc1cc(-c2nnc(COC(=O)c3nc(SC)ncc3Cl)o2)cc(OC)c1OC. The van der Waals surface area contributed by atoms with E-state index >= 15 is 0 Å². The molecular weight excluding hydrogens is 436 g/mol. The van der Waals surface area contributed by atoms with Gasteiger partial charge in [-0.1, -0.05) is 23.4 Å². The number of halogens is 1. The summed E-state index contributed by atoms with van der Waals surface area (Å²) >= 11 is 7.25. The van der Waals surface area contributed by atoms with Crippen LogP contribution in [0.2, 0.25) is 5.02 Å². The first-order valence-electron chi connectivity index (χ1n) is 8.37. The molecule has 0 saturated heterocycles. The first kappa shape index (κ1) is 21.7. The Labute approximate surface area is 180 Å². The van der Waals surface area contributed by atoms with Crippen molar-refractivity contribution in [1.82, 2.24) is 20.2 Å². The first-order valence-corrected chi connectivity index (χ1v) is 9.97. The van der Waals surface area contributed by atoms with E-state index in [0.29, 0.717) is 28.0 Å². The number of methoxy groups -OCH3 is 3. The van der Waals surface area contributed by atoms with Gasteiger partial charge in [0.05, 0.1) is 32.5 Å². The smallest absolute Gasteiger partial charge is 0.359 e. The summed E-state index contributed by atoms with van der Waals surface area (Å²) in [6, 6.07) is 3.32. The van der Waals surface area contributed by atoms with Gasteiger partial charge in [0.2, 0.25) is 11.6 Å². The van der Waals surface area contributed by atoms with Gasteiger partial charge >= 0.3 is 5.97 Å². The van der Waals surface area contributed by atoms with Crippen molar-refractivity contribution >= 4 is 29.3 Å².